The van der Waals surface area contributed by atoms with Crippen molar-refractivity contribution in [3.05, 3.63) is 47.0 Å². The number of methoxy groups -OCH3 is 2. The fraction of sp³-hybridized carbons (Fsp3) is 0.458. The van der Waals surface area contributed by atoms with Gasteiger partial charge >= 0.3 is 0 Å². The van der Waals surface area contributed by atoms with E-state index in [0.717, 1.165) is 30.0 Å². The fourth-order valence-electron chi connectivity index (χ4n) is 3.74. The van der Waals surface area contributed by atoms with Gasteiger partial charge < -0.3 is 24.3 Å². The van der Waals surface area contributed by atoms with Gasteiger partial charge in [-0.2, -0.15) is 0 Å². The maximum Gasteiger partial charge on any atom is 0.234 e. The van der Waals surface area contributed by atoms with Crippen molar-refractivity contribution in [1.82, 2.24) is 10.2 Å². The van der Waals surface area contributed by atoms with Gasteiger partial charge in [0.15, 0.2) is 23.0 Å². The number of fused-ring (bicyclic) bond motifs is 1. The predicted octanol–water partition coefficient (Wildman–Crippen LogP) is 3.18. The first kappa shape index (κ1) is 22.7. The van der Waals surface area contributed by atoms with Gasteiger partial charge in [0, 0.05) is 19.6 Å². The van der Waals surface area contributed by atoms with Gasteiger partial charge in [0.2, 0.25) is 5.91 Å². The molecule has 7 heteroatoms. The summed E-state index contributed by atoms with van der Waals surface area (Å²) < 4.78 is 22.1. The Bertz CT molecular complexity index is 900. The molecule has 1 heterocycles. The van der Waals surface area contributed by atoms with Crippen molar-refractivity contribution >= 4 is 5.91 Å². The normalized spacial score (nSPS) is 13.3. The first-order chi connectivity index (χ1) is 15.1. The number of ether oxygens (including phenoxy) is 4. The van der Waals surface area contributed by atoms with Crippen molar-refractivity contribution in [1.29, 1.82) is 0 Å². The summed E-state index contributed by atoms with van der Waals surface area (Å²) in [7, 11) is 3.20. The summed E-state index contributed by atoms with van der Waals surface area (Å²) in [5.74, 6) is 2.88. The molecule has 0 saturated heterocycles. The third-order valence-electron chi connectivity index (χ3n) is 5.26. The minimum atomic E-state index is -0.00537. The van der Waals surface area contributed by atoms with Crippen LogP contribution in [0.15, 0.2) is 30.3 Å². The minimum absolute atomic E-state index is 0.00537. The molecule has 2 aromatic carbocycles. The molecule has 0 fully saturated rings. The summed E-state index contributed by atoms with van der Waals surface area (Å²) in [6, 6.07) is 9.77. The molecule has 1 aliphatic heterocycles. The monoisotopic (exact) mass is 428 g/mol. The zero-order valence-electron chi connectivity index (χ0n) is 18.8. The van der Waals surface area contributed by atoms with E-state index in [1.807, 2.05) is 32.0 Å². The Labute approximate surface area is 184 Å². The molecular formula is C24H32N2O5. The third-order valence-corrected chi connectivity index (χ3v) is 5.26. The van der Waals surface area contributed by atoms with Crippen LogP contribution in [-0.4, -0.2) is 51.3 Å². The van der Waals surface area contributed by atoms with Gasteiger partial charge in [-0.3, -0.25) is 9.69 Å². The average molecular weight is 429 g/mol. The Balaban J connectivity index is 1.58. The second-order valence-corrected chi connectivity index (χ2v) is 7.36. The molecule has 0 radical (unpaired) electrons. The van der Waals surface area contributed by atoms with Crippen LogP contribution in [0.1, 0.15) is 30.5 Å². The maximum atomic E-state index is 12.5. The maximum absolute atomic E-state index is 12.5. The minimum Gasteiger partial charge on any atom is -0.493 e. The molecule has 0 spiro atoms. The molecule has 31 heavy (non-hydrogen) atoms. The number of carbonyl (C=O) groups is 1. The second kappa shape index (κ2) is 10.9. The Morgan fingerprint density at radius 3 is 2.26 bits per heavy atom. The van der Waals surface area contributed by atoms with Crippen LogP contribution in [0.5, 0.6) is 23.0 Å². The average Bonchev–Trinajstić information content (AvgIpc) is 2.78. The molecule has 168 valence electrons. The van der Waals surface area contributed by atoms with Crippen LogP contribution in [0.4, 0.5) is 0 Å². The molecule has 1 aliphatic rings. The van der Waals surface area contributed by atoms with Crippen molar-refractivity contribution in [3.8, 4) is 23.0 Å². The van der Waals surface area contributed by atoms with Crippen molar-refractivity contribution in [2.75, 3.05) is 40.5 Å². The highest BCUT2D eigenvalue weighted by atomic mass is 16.5. The first-order valence-electron chi connectivity index (χ1n) is 10.7. The van der Waals surface area contributed by atoms with E-state index in [1.165, 1.54) is 11.1 Å². The number of carbonyl (C=O) groups excluding carboxylic acids is 1. The third kappa shape index (κ3) is 5.82. The van der Waals surface area contributed by atoms with Gasteiger partial charge in [-0.05, 0) is 61.2 Å². The van der Waals surface area contributed by atoms with Crippen LogP contribution in [0.25, 0.3) is 0 Å². The van der Waals surface area contributed by atoms with E-state index in [2.05, 4.69) is 22.3 Å². The van der Waals surface area contributed by atoms with Crippen LogP contribution in [0.3, 0.4) is 0 Å². The van der Waals surface area contributed by atoms with E-state index >= 15 is 0 Å². The number of nitrogens with one attached hydrogen (secondary N) is 1. The lowest BCUT2D eigenvalue weighted by atomic mass is 9.98. The lowest BCUT2D eigenvalue weighted by Crippen LogP contribution is -2.39. The number of hydrogen-bond acceptors (Lipinski definition) is 6. The van der Waals surface area contributed by atoms with Crippen LogP contribution in [-0.2, 0) is 24.3 Å². The molecule has 0 bridgehead atoms. The highest BCUT2D eigenvalue weighted by molar-refractivity contribution is 5.78. The summed E-state index contributed by atoms with van der Waals surface area (Å²) in [6.07, 6.45) is 0.880. The molecule has 0 aromatic heterocycles. The van der Waals surface area contributed by atoms with Gasteiger partial charge in [0.1, 0.15) is 0 Å². The zero-order chi connectivity index (χ0) is 22.2. The van der Waals surface area contributed by atoms with Gasteiger partial charge in [-0.15, -0.1) is 0 Å². The highest BCUT2D eigenvalue weighted by Crippen LogP contribution is 2.34. The van der Waals surface area contributed by atoms with Crippen LogP contribution in [0.2, 0.25) is 0 Å². The van der Waals surface area contributed by atoms with E-state index in [4.69, 9.17) is 18.9 Å². The molecule has 2 aromatic rings. The number of benzene rings is 2. The molecule has 0 aliphatic carbocycles. The van der Waals surface area contributed by atoms with E-state index in [0.29, 0.717) is 44.3 Å². The molecule has 1 amide bonds. The molecule has 3 rings (SSSR count). The Morgan fingerprint density at radius 2 is 1.61 bits per heavy atom. The van der Waals surface area contributed by atoms with Crippen LogP contribution < -0.4 is 24.3 Å². The standard InChI is InChI=1S/C24H32N2O5/c1-5-30-22-12-18-9-10-26(15-19(18)13-23(22)31-6-2)16-24(27)25-14-17-7-8-20(28-3)21(11-17)29-4/h7-8,11-13H,5-6,9-10,14-16H2,1-4H3,(H,25,27). The fourth-order valence-corrected chi connectivity index (χ4v) is 3.74. The number of hydrogen-bond donors (Lipinski definition) is 1. The summed E-state index contributed by atoms with van der Waals surface area (Å²) in [4.78, 5) is 14.7. The summed E-state index contributed by atoms with van der Waals surface area (Å²) in [6.45, 7) is 7.45. The van der Waals surface area contributed by atoms with Crippen molar-refractivity contribution in [2.24, 2.45) is 0 Å². The van der Waals surface area contributed by atoms with Crippen LogP contribution in [0, 0.1) is 0 Å². The summed E-state index contributed by atoms with van der Waals surface area (Å²) >= 11 is 0. The van der Waals surface area contributed by atoms with Gasteiger partial charge in [-0.1, -0.05) is 6.07 Å². The topological polar surface area (TPSA) is 69.3 Å². The molecule has 0 unspecified atom stereocenters. The smallest absolute Gasteiger partial charge is 0.234 e. The van der Waals surface area contributed by atoms with Crippen molar-refractivity contribution in [3.63, 3.8) is 0 Å². The Hall–Kier alpha value is -2.93. The SMILES string of the molecule is CCOc1cc2c(cc1OCC)CN(CC(=O)NCc1ccc(OC)c(OC)c1)CC2. The van der Waals surface area contributed by atoms with E-state index in [9.17, 15) is 4.79 Å². The molecule has 0 saturated carbocycles. The number of rotatable bonds is 10. The predicted molar refractivity (Wildman–Crippen MR) is 119 cm³/mol. The van der Waals surface area contributed by atoms with E-state index < -0.39 is 0 Å². The van der Waals surface area contributed by atoms with Gasteiger partial charge in [0.05, 0.1) is 34.0 Å². The largest absolute Gasteiger partial charge is 0.493 e. The van der Waals surface area contributed by atoms with E-state index in [-0.39, 0.29) is 5.91 Å². The summed E-state index contributed by atoms with van der Waals surface area (Å²) in [5.41, 5.74) is 3.40. The summed E-state index contributed by atoms with van der Waals surface area (Å²) in [5, 5.41) is 2.99. The van der Waals surface area contributed by atoms with Gasteiger partial charge in [0.25, 0.3) is 0 Å². The molecule has 7 nitrogen and oxygen atoms in total. The van der Waals surface area contributed by atoms with E-state index in [1.54, 1.807) is 14.2 Å². The number of amides is 1. The Kier molecular flexibility index (Phi) is 8.00. The molecule has 0 atom stereocenters. The molecular weight excluding hydrogens is 396 g/mol. The van der Waals surface area contributed by atoms with Crippen molar-refractivity contribution < 1.29 is 23.7 Å². The van der Waals surface area contributed by atoms with Gasteiger partial charge in [-0.25, -0.2) is 0 Å². The second-order valence-electron chi connectivity index (χ2n) is 7.36. The Morgan fingerprint density at radius 1 is 0.935 bits per heavy atom. The zero-order valence-corrected chi connectivity index (χ0v) is 18.8. The van der Waals surface area contributed by atoms with Crippen LogP contribution >= 0.6 is 0 Å². The molecule has 1 N–H and O–H groups in total. The van der Waals surface area contributed by atoms with Crippen molar-refractivity contribution in [2.45, 2.75) is 33.4 Å². The first-order valence-corrected chi connectivity index (χ1v) is 10.7. The lowest BCUT2D eigenvalue weighted by Gasteiger charge is -2.29. The number of nitrogens with zero attached hydrogens (tertiary/aromatic N) is 1. The lowest BCUT2D eigenvalue weighted by molar-refractivity contribution is -0.122. The quantitative estimate of drug-likeness (QED) is 0.627. The highest BCUT2D eigenvalue weighted by Gasteiger charge is 2.21.